The van der Waals surface area contributed by atoms with Crippen molar-refractivity contribution in [2.45, 2.75) is 64.2 Å². The molecule has 2 heterocycles. The van der Waals surface area contributed by atoms with Crippen LogP contribution >= 0.6 is 0 Å². The third-order valence-electron chi connectivity index (χ3n) is 5.43. The molecule has 2 aliphatic rings. The molecule has 0 amide bonds. The lowest BCUT2D eigenvalue weighted by Gasteiger charge is -2.20. The van der Waals surface area contributed by atoms with E-state index in [2.05, 4.69) is 41.2 Å². The molecule has 1 aromatic carbocycles. The second kappa shape index (κ2) is 6.38. The van der Waals surface area contributed by atoms with Crippen LogP contribution in [-0.4, -0.2) is 16.3 Å². The number of nitrogens with zero attached hydrogens (tertiary/aromatic N) is 2. The lowest BCUT2D eigenvalue weighted by Crippen LogP contribution is -2.08. The number of nitrogens with one attached hydrogen (secondary N) is 1. The Morgan fingerprint density at radius 2 is 1.78 bits per heavy atom. The van der Waals surface area contributed by atoms with Crippen molar-refractivity contribution in [3.63, 3.8) is 0 Å². The molecule has 0 unspecified atom stereocenters. The summed E-state index contributed by atoms with van der Waals surface area (Å²) >= 11 is 0. The van der Waals surface area contributed by atoms with Crippen LogP contribution in [0.4, 0.5) is 5.82 Å². The van der Waals surface area contributed by atoms with Crippen molar-refractivity contribution in [1.29, 1.82) is 0 Å². The van der Waals surface area contributed by atoms with Crippen molar-refractivity contribution in [2.24, 2.45) is 0 Å². The summed E-state index contributed by atoms with van der Waals surface area (Å²) in [7, 11) is 0. The predicted molar refractivity (Wildman–Crippen MR) is 95.6 cm³/mol. The molecular weight excluding hydrogens is 282 g/mol. The Kier molecular flexibility index (Phi) is 4.11. The zero-order chi connectivity index (χ0) is 15.6. The summed E-state index contributed by atoms with van der Waals surface area (Å²) in [6, 6.07) is 8.75. The first-order valence-corrected chi connectivity index (χ1v) is 9.25. The van der Waals surface area contributed by atoms with Gasteiger partial charge in [-0.25, -0.2) is 4.68 Å². The topological polar surface area (TPSA) is 29.9 Å². The standard InChI is InChI=1S/C20H27N3/c1-15-10-12-17(13-11-15)23-20-18(9-5-6-14-21-20)19(22-23)16-7-3-2-4-8-16/h10-13,16,21H,2-9,14H2,1H3. The van der Waals surface area contributed by atoms with Crippen LogP contribution in [0.15, 0.2) is 24.3 Å². The highest BCUT2D eigenvalue weighted by molar-refractivity contribution is 5.55. The number of hydrogen-bond donors (Lipinski definition) is 1. The number of benzene rings is 1. The maximum absolute atomic E-state index is 5.11. The SMILES string of the molecule is Cc1ccc(-n2nc(C3CCCCC3)c3c2NCCCC3)cc1. The van der Waals surface area contributed by atoms with E-state index in [1.165, 1.54) is 79.7 Å². The molecule has 0 atom stereocenters. The largest absolute Gasteiger partial charge is 0.370 e. The summed E-state index contributed by atoms with van der Waals surface area (Å²) in [6.45, 7) is 3.20. The number of aryl methyl sites for hydroxylation is 1. The molecule has 1 aliphatic heterocycles. The fourth-order valence-corrected chi connectivity index (χ4v) is 4.11. The van der Waals surface area contributed by atoms with E-state index in [-0.39, 0.29) is 0 Å². The Morgan fingerprint density at radius 1 is 1.00 bits per heavy atom. The number of fused-ring (bicyclic) bond motifs is 1. The molecule has 1 saturated carbocycles. The first-order chi connectivity index (χ1) is 11.3. The molecule has 1 N–H and O–H groups in total. The van der Waals surface area contributed by atoms with Gasteiger partial charge in [0.1, 0.15) is 5.82 Å². The molecule has 23 heavy (non-hydrogen) atoms. The van der Waals surface area contributed by atoms with Crippen molar-refractivity contribution in [2.75, 3.05) is 11.9 Å². The van der Waals surface area contributed by atoms with Gasteiger partial charge in [0.05, 0.1) is 11.4 Å². The fourth-order valence-electron chi connectivity index (χ4n) is 4.11. The zero-order valence-electron chi connectivity index (χ0n) is 14.1. The minimum absolute atomic E-state index is 0.670. The molecule has 0 spiro atoms. The average Bonchev–Trinajstić information content (AvgIpc) is 2.78. The van der Waals surface area contributed by atoms with Crippen LogP contribution in [0.25, 0.3) is 5.69 Å². The first kappa shape index (κ1) is 14.8. The van der Waals surface area contributed by atoms with Gasteiger partial charge in [-0.2, -0.15) is 5.10 Å². The van der Waals surface area contributed by atoms with Gasteiger partial charge < -0.3 is 5.32 Å². The first-order valence-electron chi connectivity index (χ1n) is 9.25. The smallest absolute Gasteiger partial charge is 0.133 e. The van der Waals surface area contributed by atoms with E-state index in [4.69, 9.17) is 5.10 Å². The minimum atomic E-state index is 0.670. The third kappa shape index (κ3) is 2.89. The number of aromatic nitrogens is 2. The molecule has 1 aromatic heterocycles. The van der Waals surface area contributed by atoms with Gasteiger partial charge in [0.2, 0.25) is 0 Å². The van der Waals surface area contributed by atoms with Crippen LogP contribution in [0, 0.1) is 6.92 Å². The summed E-state index contributed by atoms with van der Waals surface area (Å²) in [5, 5.41) is 8.78. The normalized spacial score (nSPS) is 19.0. The van der Waals surface area contributed by atoms with Crippen LogP contribution < -0.4 is 5.32 Å². The maximum atomic E-state index is 5.11. The van der Waals surface area contributed by atoms with Gasteiger partial charge in [-0.3, -0.25) is 0 Å². The van der Waals surface area contributed by atoms with Crippen molar-refractivity contribution >= 4 is 5.82 Å². The molecule has 3 heteroatoms. The second-order valence-electron chi connectivity index (χ2n) is 7.18. The van der Waals surface area contributed by atoms with E-state index >= 15 is 0 Å². The molecule has 0 radical (unpaired) electrons. The van der Waals surface area contributed by atoms with E-state index in [1.807, 2.05) is 0 Å². The maximum Gasteiger partial charge on any atom is 0.133 e. The van der Waals surface area contributed by atoms with Gasteiger partial charge in [-0.15, -0.1) is 0 Å². The zero-order valence-corrected chi connectivity index (χ0v) is 14.1. The van der Waals surface area contributed by atoms with Crippen LogP contribution in [0.2, 0.25) is 0 Å². The summed E-state index contributed by atoms with van der Waals surface area (Å²) in [5.74, 6) is 1.93. The molecule has 122 valence electrons. The van der Waals surface area contributed by atoms with E-state index in [0.29, 0.717) is 5.92 Å². The lowest BCUT2D eigenvalue weighted by atomic mass is 9.85. The van der Waals surface area contributed by atoms with Crippen LogP contribution in [0.1, 0.15) is 67.7 Å². The highest BCUT2D eigenvalue weighted by atomic mass is 15.3. The highest BCUT2D eigenvalue weighted by Crippen LogP contribution is 2.38. The van der Waals surface area contributed by atoms with Gasteiger partial charge >= 0.3 is 0 Å². The molecule has 0 saturated heterocycles. The number of rotatable bonds is 2. The Hall–Kier alpha value is -1.77. The Bertz CT molecular complexity index is 663. The Morgan fingerprint density at radius 3 is 2.57 bits per heavy atom. The quantitative estimate of drug-likeness (QED) is 0.848. The lowest BCUT2D eigenvalue weighted by molar-refractivity contribution is 0.432. The van der Waals surface area contributed by atoms with E-state index in [1.54, 1.807) is 0 Å². The molecule has 1 fully saturated rings. The molecule has 2 aromatic rings. The number of anilines is 1. The summed E-state index contributed by atoms with van der Waals surface area (Å²) in [4.78, 5) is 0. The monoisotopic (exact) mass is 309 g/mol. The number of hydrogen-bond acceptors (Lipinski definition) is 2. The van der Waals surface area contributed by atoms with E-state index < -0.39 is 0 Å². The van der Waals surface area contributed by atoms with Crippen molar-refractivity contribution in [3.8, 4) is 5.69 Å². The van der Waals surface area contributed by atoms with Gasteiger partial charge in [0, 0.05) is 18.0 Å². The third-order valence-corrected chi connectivity index (χ3v) is 5.43. The van der Waals surface area contributed by atoms with Gasteiger partial charge in [-0.05, 0) is 51.2 Å². The van der Waals surface area contributed by atoms with Crippen molar-refractivity contribution in [1.82, 2.24) is 9.78 Å². The summed E-state index contributed by atoms with van der Waals surface area (Å²) in [6.07, 6.45) is 10.5. The van der Waals surface area contributed by atoms with Crippen LogP contribution in [0.3, 0.4) is 0 Å². The van der Waals surface area contributed by atoms with E-state index in [0.717, 1.165) is 6.54 Å². The Balaban J connectivity index is 1.79. The summed E-state index contributed by atoms with van der Waals surface area (Å²) in [5.41, 5.74) is 5.36. The van der Waals surface area contributed by atoms with Gasteiger partial charge in [-0.1, -0.05) is 37.0 Å². The summed E-state index contributed by atoms with van der Waals surface area (Å²) < 4.78 is 2.17. The molecule has 0 bridgehead atoms. The molecule has 1 aliphatic carbocycles. The second-order valence-corrected chi connectivity index (χ2v) is 7.18. The van der Waals surface area contributed by atoms with Gasteiger partial charge in [0.15, 0.2) is 0 Å². The van der Waals surface area contributed by atoms with Gasteiger partial charge in [0.25, 0.3) is 0 Å². The van der Waals surface area contributed by atoms with E-state index in [9.17, 15) is 0 Å². The van der Waals surface area contributed by atoms with Crippen LogP contribution in [-0.2, 0) is 6.42 Å². The predicted octanol–water partition coefficient (Wildman–Crippen LogP) is 4.98. The van der Waals surface area contributed by atoms with Crippen molar-refractivity contribution in [3.05, 3.63) is 41.1 Å². The Labute approximate surface area is 139 Å². The molecule has 3 nitrogen and oxygen atoms in total. The average molecular weight is 309 g/mol. The van der Waals surface area contributed by atoms with Crippen molar-refractivity contribution < 1.29 is 0 Å². The van der Waals surface area contributed by atoms with Crippen LogP contribution in [0.5, 0.6) is 0 Å². The fraction of sp³-hybridized carbons (Fsp3) is 0.550. The highest BCUT2D eigenvalue weighted by Gasteiger charge is 2.26. The molecule has 4 rings (SSSR count). The molecular formula is C20H27N3. The minimum Gasteiger partial charge on any atom is -0.370 e.